The summed E-state index contributed by atoms with van der Waals surface area (Å²) in [6.45, 7) is 0.724. The molecule has 1 aromatic heterocycles. The van der Waals surface area contributed by atoms with Crippen molar-refractivity contribution in [3.63, 3.8) is 0 Å². The van der Waals surface area contributed by atoms with Crippen LogP contribution in [0.25, 0.3) is 0 Å². The van der Waals surface area contributed by atoms with E-state index in [2.05, 4.69) is 10.3 Å². The van der Waals surface area contributed by atoms with E-state index >= 15 is 0 Å². The van der Waals surface area contributed by atoms with Gasteiger partial charge in [-0.25, -0.2) is 0 Å². The van der Waals surface area contributed by atoms with Crippen LogP contribution in [0.4, 0.5) is 13.2 Å². The van der Waals surface area contributed by atoms with Crippen LogP contribution in [0.3, 0.4) is 0 Å². The molecule has 0 atom stereocenters. The number of carbonyl (C=O) groups is 1. The maximum Gasteiger partial charge on any atom is 0.405 e. The lowest BCUT2D eigenvalue weighted by Gasteiger charge is -2.09. The van der Waals surface area contributed by atoms with E-state index in [0.29, 0.717) is 6.54 Å². The predicted octanol–water partition coefficient (Wildman–Crippen LogP) is 1.16. The van der Waals surface area contributed by atoms with Crippen LogP contribution >= 0.6 is 0 Å². The summed E-state index contributed by atoms with van der Waals surface area (Å²) in [5, 5.41) is 4.51. The van der Waals surface area contributed by atoms with Crippen LogP contribution < -0.4 is 10.6 Å². The fourth-order valence-corrected chi connectivity index (χ4v) is 1.26. The summed E-state index contributed by atoms with van der Waals surface area (Å²) < 4.78 is 35.4. The van der Waals surface area contributed by atoms with Crippen molar-refractivity contribution in [3.05, 3.63) is 29.6 Å². The monoisotopic (exact) mass is 261 g/mol. The number of aryl methyl sites for hydroxylation is 1. The van der Waals surface area contributed by atoms with Crippen molar-refractivity contribution in [2.24, 2.45) is 0 Å². The Morgan fingerprint density at radius 1 is 1.44 bits per heavy atom. The fraction of sp³-hybridized carbons (Fsp3) is 0.455. The summed E-state index contributed by atoms with van der Waals surface area (Å²) in [6.07, 6.45) is -2.76. The summed E-state index contributed by atoms with van der Waals surface area (Å²) in [7, 11) is 0. The zero-order chi connectivity index (χ0) is 13.6. The van der Waals surface area contributed by atoms with Crippen molar-refractivity contribution in [2.75, 3.05) is 13.1 Å². The van der Waals surface area contributed by atoms with E-state index in [1.54, 1.807) is 17.6 Å². The van der Waals surface area contributed by atoms with E-state index < -0.39 is 18.6 Å². The molecule has 0 aromatic carbocycles. The molecule has 18 heavy (non-hydrogen) atoms. The number of nitrogens with zero attached hydrogens (tertiary/aromatic N) is 1. The molecule has 0 unspecified atom stereocenters. The SMILES string of the molecule is Cc1cccnc1CNCC(=O)NCC(F)(F)F. The summed E-state index contributed by atoms with van der Waals surface area (Å²) in [4.78, 5) is 15.2. The predicted molar refractivity (Wildman–Crippen MR) is 59.7 cm³/mol. The Balaban J connectivity index is 2.26. The Kier molecular flexibility index (Phi) is 5.08. The molecule has 0 saturated heterocycles. The molecule has 0 aliphatic carbocycles. The number of nitrogens with one attached hydrogen (secondary N) is 2. The number of rotatable bonds is 5. The first-order valence-corrected chi connectivity index (χ1v) is 5.33. The van der Waals surface area contributed by atoms with E-state index in [0.717, 1.165) is 11.3 Å². The molecule has 1 aromatic rings. The number of hydrogen-bond donors (Lipinski definition) is 2. The van der Waals surface area contributed by atoms with E-state index in [4.69, 9.17) is 0 Å². The average Bonchev–Trinajstić information content (AvgIpc) is 2.28. The van der Waals surface area contributed by atoms with Gasteiger partial charge in [-0.3, -0.25) is 9.78 Å². The van der Waals surface area contributed by atoms with Crippen LogP contribution in [0.5, 0.6) is 0 Å². The molecule has 0 bridgehead atoms. The molecule has 4 nitrogen and oxygen atoms in total. The number of halogens is 3. The van der Waals surface area contributed by atoms with Crippen molar-refractivity contribution in [1.82, 2.24) is 15.6 Å². The highest BCUT2D eigenvalue weighted by Gasteiger charge is 2.27. The first kappa shape index (κ1) is 14.4. The Morgan fingerprint density at radius 2 is 2.17 bits per heavy atom. The molecule has 0 saturated carbocycles. The van der Waals surface area contributed by atoms with Crippen LogP contribution in [0.15, 0.2) is 18.3 Å². The van der Waals surface area contributed by atoms with Gasteiger partial charge in [-0.15, -0.1) is 0 Å². The molecule has 0 aliphatic heterocycles. The quantitative estimate of drug-likeness (QED) is 0.836. The van der Waals surface area contributed by atoms with E-state index in [1.165, 1.54) is 0 Å². The van der Waals surface area contributed by atoms with Crippen molar-refractivity contribution in [1.29, 1.82) is 0 Å². The second-order valence-corrected chi connectivity index (χ2v) is 3.76. The van der Waals surface area contributed by atoms with Gasteiger partial charge in [0, 0.05) is 12.7 Å². The Labute approximate surface area is 103 Å². The second kappa shape index (κ2) is 6.34. The third kappa shape index (κ3) is 5.62. The number of carbonyl (C=O) groups excluding carboxylic acids is 1. The molecule has 1 rings (SSSR count). The minimum absolute atomic E-state index is 0.175. The minimum atomic E-state index is -4.38. The molecule has 1 heterocycles. The summed E-state index contributed by atoms with van der Waals surface area (Å²) in [5.74, 6) is -0.694. The van der Waals surface area contributed by atoms with Crippen LogP contribution in [0.2, 0.25) is 0 Å². The van der Waals surface area contributed by atoms with Gasteiger partial charge < -0.3 is 10.6 Å². The van der Waals surface area contributed by atoms with Gasteiger partial charge in [0.1, 0.15) is 6.54 Å². The first-order chi connectivity index (χ1) is 8.38. The van der Waals surface area contributed by atoms with Gasteiger partial charge in [-0.05, 0) is 18.6 Å². The zero-order valence-corrected chi connectivity index (χ0v) is 9.84. The summed E-state index contributed by atoms with van der Waals surface area (Å²) in [6, 6.07) is 3.66. The molecule has 0 fully saturated rings. The number of pyridine rings is 1. The van der Waals surface area contributed by atoms with Crippen LogP contribution in [0, 0.1) is 6.92 Å². The fourth-order valence-electron chi connectivity index (χ4n) is 1.26. The maximum absolute atomic E-state index is 11.8. The summed E-state index contributed by atoms with van der Waals surface area (Å²) >= 11 is 0. The molecule has 7 heteroatoms. The lowest BCUT2D eigenvalue weighted by molar-refractivity contribution is -0.137. The maximum atomic E-state index is 11.8. The lowest BCUT2D eigenvalue weighted by atomic mass is 10.2. The van der Waals surface area contributed by atoms with Gasteiger partial charge in [-0.2, -0.15) is 13.2 Å². The summed E-state index contributed by atoms with van der Waals surface area (Å²) in [5.41, 5.74) is 1.72. The molecule has 2 N–H and O–H groups in total. The van der Waals surface area contributed by atoms with Crippen LogP contribution in [0.1, 0.15) is 11.3 Å². The normalized spacial score (nSPS) is 11.3. The van der Waals surface area contributed by atoms with Crippen molar-refractivity contribution >= 4 is 5.91 Å². The molecule has 0 radical (unpaired) electrons. The van der Waals surface area contributed by atoms with Gasteiger partial charge in [0.2, 0.25) is 5.91 Å². The topological polar surface area (TPSA) is 54.0 Å². The molecule has 0 spiro atoms. The smallest absolute Gasteiger partial charge is 0.346 e. The second-order valence-electron chi connectivity index (χ2n) is 3.76. The number of amides is 1. The molecule has 0 aliphatic rings. The van der Waals surface area contributed by atoms with Crippen molar-refractivity contribution < 1.29 is 18.0 Å². The molecular weight excluding hydrogens is 247 g/mol. The highest BCUT2D eigenvalue weighted by molar-refractivity contribution is 5.77. The number of alkyl halides is 3. The van der Waals surface area contributed by atoms with Crippen molar-refractivity contribution in [3.8, 4) is 0 Å². The van der Waals surface area contributed by atoms with E-state index in [9.17, 15) is 18.0 Å². The highest BCUT2D eigenvalue weighted by Crippen LogP contribution is 2.11. The number of aromatic nitrogens is 1. The third-order valence-electron chi connectivity index (χ3n) is 2.18. The Bertz CT molecular complexity index is 407. The minimum Gasteiger partial charge on any atom is -0.346 e. The largest absolute Gasteiger partial charge is 0.405 e. The standard InChI is InChI=1S/C11H14F3N3O/c1-8-3-2-4-16-9(8)5-15-6-10(18)17-7-11(12,13)14/h2-4,15H,5-7H2,1H3,(H,17,18). The highest BCUT2D eigenvalue weighted by atomic mass is 19.4. The first-order valence-electron chi connectivity index (χ1n) is 5.33. The van der Waals surface area contributed by atoms with Crippen LogP contribution in [-0.2, 0) is 11.3 Å². The zero-order valence-electron chi connectivity index (χ0n) is 9.84. The van der Waals surface area contributed by atoms with E-state index in [1.807, 2.05) is 13.0 Å². The van der Waals surface area contributed by atoms with Gasteiger partial charge in [0.05, 0.1) is 12.2 Å². The molecule has 1 amide bonds. The molecule has 100 valence electrons. The average molecular weight is 261 g/mol. The lowest BCUT2D eigenvalue weighted by Crippen LogP contribution is -2.39. The van der Waals surface area contributed by atoms with Gasteiger partial charge in [-0.1, -0.05) is 6.07 Å². The van der Waals surface area contributed by atoms with Crippen molar-refractivity contribution in [2.45, 2.75) is 19.6 Å². The number of hydrogen-bond acceptors (Lipinski definition) is 3. The third-order valence-corrected chi connectivity index (χ3v) is 2.18. The van der Waals surface area contributed by atoms with Gasteiger partial charge in [0.15, 0.2) is 0 Å². The Morgan fingerprint density at radius 3 is 2.78 bits per heavy atom. The van der Waals surface area contributed by atoms with Crippen LogP contribution in [-0.4, -0.2) is 30.2 Å². The van der Waals surface area contributed by atoms with Gasteiger partial charge in [0.25, 0.3) is 0 Å². The Hall–Kier alpha value is -1.63. The van der Waals surface area contributed by atoms with E-state index in [-0.39, 0.29) is 6.54 Å². The molecular formula is C11H14F3N3O. The van der Waals surface area contributed by atoms with Gasteiger partial charge >= 0.3 is 6.18 Å².